The molecule has 0 bridgehead atoms. The topological polar surface area (TPSA) is 74.6 Å². The zero-order valence-corrected chi connectivity index (χ0v) is 10.4. The lowest BCUT2D eigenvalue weighted by Gasteiger charge is -2.05. The van der Waals surface area contributed by atoms with Gasteiger partial charge in [-0.3, -0.25) is 4.57 Å². The molecule has 2 aromatic rings. The third kappa shape index (κ3) is 2.02. The molecular formula is C10H14N6S. The first-order valence-electron chi connectivity index (χ1n) is 5.54. The Morgan fingerprint density at radius 2 is 2.29 bits per heavy atom. The van der Waals surface area contributed by atoms with Crippen molar-refractivity contribution in [3.63, 3.8) is 0 Å². The van der Waals surface area contributed by atoms with Crippen molar-refractivity contribution in [3.8, 4) is 0 Å². The Balaban J connectivity index is 1.71. The highest BCUT2D eigenvalue weighted by Crippen LogP contribution is 2.36. The van der Waals surface area contributed by atoms with E-state index in [1.807, 2.05) is 19.6 Å². The van der Waals surface area contributed by atoms with Gasteiger partial charge in [0.15, 0.2) is 5.16 Å². The number of hydrogen-bond donors (Lipinski definition) is 1. The van der Waals surface area contributed by atoms with Crippen LogP contribution in [0.25, 0.3) is 0 Å². The maximum absolute atomic E-state index is 5.64. The molecule has 0 spiro atoms. The van der Waals surface area contributed by atoms with Crippen molar-refractivity contribution in [2.75, 3.05) is 5.73 Å². The van der Waals surface area contributed by atoms with Crippen LogP contribution in [-0.2, 0) is 12.8 Å². The summed E-state index contributed by atoms with van der Waals surface area (Å²) in [6, 6.07) is 0.665. The van der Waals surface area contributed by atoms with Gasteiger partial charge in [0.05, 0.1) is 6.33 Å². The van der Waals surface area contributed by atoms with Crippen molar-refractivity contribution in [3.05, 3.63) is 18.2 Å². The molecule has 2 heterocycles. The van der Waals surface area contributed by atoms with E-state index in [1.165, 1.54) is 18.5 Å². The summed E-state index contributed by atoms with van der Waals surface area (Å²) < 4.78 is 4.05. The standard InChI is InChI=1S/C10H14N6S/c1-15-9(11)13-14-10(15)17-5-8-4-12-6-16(8)7-2-3-7/h4,6-7H,2-3,5H2,1H3,(H2,11,13). The fourth-order valence-corrected chi connectivity index (χ4v) is 2.60. The molecule has 3 rings (SSSR count). The highest BCUT2D eigenvalue weighted by molar-refractivity contribution is 7.98. The molecule has 0 unspecified atom stereocenters. The predicted octanol–water partition coefficient (Wildman–Crippen LogP) is 1.22. The Morgan fingerprint density at radius 1 is 1.47 bits per heavy atom. The van der Waals surface area contributed by atoms with E-state index in [-0.39, 0.29) is 0 Å². The van der Waals surface area contributed by atoms with Gasteiger partial charge in [0, 0.05) is 30.7 Å². The molecule has 1 fully saturated rings. The summed E-state index contributed by atoms with van der Waals surface area (Å²) in [6.07, 6.45) is 6.37. The monoisotopic (exact) mass is 250 g/mol. The third-order valence-electron chi connectivity index (χ3n) is 2.90. The van der Waals surface area contributed by atoms with Crippen molar-refractivity contribution in [2.24, 2.45) is 7.05 Å². The van der Waals surface area contributed by atoms with Gasteiger partial charge >= 0.3 is 0 Å². The number of nitrogen functional groups attached to an aromatic ring is 1. The molecule has 1 aliphatic rings. The number of nitrogens with zero attached hydrogens (tertiary/aromatic N) is 5. The minimum absolute atomic E-state index is 0.447. The molecular weight excluding hydrogens is 236 g/mol. The second-order valence-corrected chi connectivity index (χ2v) is 5.15. The van der Waals surface area contributed by atoms with Gasteiger partial charge in [-0.05, 0) is 12.8 Å². The van der Waals surface area contributed by atoms with Crippen LogP contribution >= 0.6 is 11.8 Å². The molecule has 0 aliphatic heterocycles. The van der Waals surface area contributed by atoms with Crippen LogP contribution in [0.15, 0.2) is 17.7 Å². The van der Waals surface area contributed by atoms with E-state index in [1.54, 1.807) is 16.3 Å². The van der Waals surface area contributed by atoms with Crippen LogP contribution in [0.4, 0.5) is 5.95 Å². The largest absolute Gasteiger partial charge is 0.368 e. The summed E-state index contributed by atoms with van der Waals surface area (Å²) in [7, 11) is 1.87. The summed E-state index contributed by atoms with van der Waals surface area (Å²) in [5.74, 6) is 1.30. The molecule has 0 radical (unpaired) electrons. The van der Waals surface area contributed by atoms with Crippen LogP contribution in [0.3, 0.4) is 0 Å². The second kappa shape index (κ2) is 4.06. The Kier molecular flexibility index (Phi) is 2.54. The number of nitrogens with two attached hydrogens (primary N) is 1. The minimum atomic E-state index is 0.447. The van der Waals surface area contributed by atoms with E-state index in [0.717, 1.165) is 10.9 Å². The van der Waals surface area contributed by atoms with Crippen LogP contribution in [0.5, 0.6) is 0 Å². The van der Waals surface area contributed by atoms with Gasteiger partial charge in [-0.25, -0.2) is 4.98 Å². The quantitative estimate of drug-likeness (QED) is 0.826. The van der Waals surface area contributed by atoms with E-state index in [4.69, 9.17) is 5.73 Å². The highest BCUT2D eigenvalue weighted by atomic mass is 32.2. The van der Waals surface area contributed by atoms with Gasteiger partial charge in [-0.1, -0.05) is 11.8 Å². The van der Waals surface area contributed by atoms with Gasteiger partial charge in [-0.2, -0.15) is 0 Å². The lowest BCUT2D eigenvalue weighted by atomic mass is 10.5. The molecule has 2 aromatic heterocycles. The number of rotatable bonds is 4. The maximum atomic E-state index is 5.64. The fraction of sp³-hybridized carbons (Fsp3) is 0.500. The van der Waals surface area contributed by atoms with Gasteiger partial charge in [0.25, 0.3) is 0 Å². The summed E-state index contributed by atoms with van der Waals surface area (Å²) in [4.78, 5) is 4.21. The number of aromatic nitrogens is 5. The molecule has 0 saturated heterocycles. The van der Waals surface area contributed by atoms with Crippen LogP contribution in [0, 0.1) is 0 Å². The number of hydrogen-bond acceptors (Lipinski definition) is 5. The molecule has 6 nitrogen and oxygen atoms in total. The van der Waals surface area contributed by atoms with Gasteiger partial charge in [0.1, 0.15) is 0 Å². The molecule has 0 amide bonds. The molecule has 7 heteroatoms. The van der Waals surface area contributed by atoms with Crippen LogP contribution in [0.2, 0.25) is 0 Å². The van der Waals surface area contributed by atoms with E-state index in [9.17, 15) is 0 Å². The second-order valence-electron chi connectivity index (χ2n) is 4.21. The Labute approximate surface area is 103 Å². The lowest BCUT2D eigenvalue weighted by Crippen LogP contribution is -2.00. The number of imidazole rings is 1. The highest BCUT2D eigenvalue weighted by Gasteiger charge is 2.25. The van der Waals surface area contributed by atoms with E-state index >= 15 is 0 Å². The smallest absolute Gasteiger partial charge is 0.222 e. The zero-order valence-electron chi connectivity index (χ0n) is 9.58. The van der Waals surface area contributed by atoms with Crippen molar-refractivity contribution >= 4 is 17.7 Å². The Bertz CT molecular complexity index is 527. The number of thioether (sulfide) groups is 1. The van der Waals surface area contributed by atoms with Crippen molar-refractivity contribution in [1.29, 1.82) is 0 Å². The molecule has 90 valence electrons. The molecule has 1 aliphatic carbocycles. The molecule has 0 atom stereocenters. The lowest BCUT2D eigenvalue weighted by molar-refractivity contribution is 0.712. The summed E-state index contributed by atoms with van der Waals surface area (Å²) in [6.45, 7) is 0. The maximum Gasteiger partial charge on any atom is 0.222 e. The predicted molar refractivity (Wildman–Crippen MR) is 65.5 cm³/mol. The van der Waals surface area contributed by atoms with Crippen molar-refractivity contribution in [1.82, 2.24) is 24.3 Å². The first kappa shape index (κ1) is 10.6. The van der Waals surface area contributed by atoms with Crippen LogP contribution < -0.4 is 5.73 Å². The zero-order chi connectivity index (χ0) is 11.8. The third-order valence-corrected chi connectivity index (χ3v) is 3.96. The molecule has 2 N–H and O–H groups in total. The van der Waals surface area contributed by atoms with Crippen LogP contribution in [-0.4, -0.2) is 24.3 Å². The van der Waals surface area contributed by atoms with Gasteiger partial charge in [-0.15, -0.1) is 10.2 Å². The molecule has 0 aromatic carbocycles. The SMILES string of the molecule is Cn1c(N)nnc1SCc1cncn1C1CC1. The summed E-state index contributed by atoms with van der Waals surface area (Å²) in [5, 5.41) is 8.70. The first-order valence-corrected chi connectivity index (χ1v) is 6.52. The van der Waals surface area contributed by atoms with Crippen molar-refractivity contribution < 1.29 is 0 Å². The normalized spacial score (nSPS) is 15.4. The first-order chi connectivity index (χ1) is 8.25. The van der Waals surface area contributed by atoms with Gasteiger partial charge < -0.3 is 10.3 Å². The average molecular weight is 250 g/mol. The summed E-state index contributed by atoms with van der Waals surface area (Å²) in [5.41, 5.74) is 6.87. The Hall–Kier alpha value is -1.50. The molecule has 1 saturated carbocycles. The summed E-state index contributed by atoms with van der Waals surface area (Å²) >= 11 is 1.63. The van der Waals surface area contributed by atoms with Gasteiger partial charge in [0.2, 0.25) is 5.95 Å². The minimum Gasteiger partial charge on any atom is -0.368 e. The number of anilines is 1. The molecule has 17 heavy (non-hydrogen) atoms. The van der Waals surface area contributed by atoms with Crippen molar-refractivity contribution in [2.45, 2.75) is 29.8 Å². The average Bonchev–Trinajstić information content (AvgIpc) is 2.99. The van der Waals surface area contributed by atoms with E-state index in [0.29, 0.717) is 12.0 Å². The fourth-order valence-electron chi connectivity index (χ4n) is 1.72. The van der Waals surface area contributed by atoms with E-state index in [2.05, 4.69) is 19.7 Å². The van der Waals surface area contributed by atoms with E-state index < -0.39 is 0 Å². The Morgan fingerprint density at radius 3 is 2.94 bits per heavy atom. The van der Waals surface area contributed by atoms with Crippen LogP contribution in [0.1, 0.15) is 24.6 Å².